The molecular weight excluding hydrogens is 424 g/mol. The molecule has 0 aromatic heterocycles. The molecule has 1 fully saturated rings. The molecule has 8 nitrogen and oxygen atoms in total. The summed E-state index contributed by atoms with van der Waals surface area (Å²) in [6.45, 7) is 2.22. The SMILES string of the molecule is COc1ccc(C(=O)NC(=S)Nc2ccc(N3CCN(S(C)(=O)=O)CC3)cc2)cc1. The number of rotatable bonds is 5. The Bertz CT molecular complexity index is 1000. The zero-order chi connectivity index (χ0) is 21.7. The molecule has 0 radical (unpaired) electrons. The zero-order valence-corrected chi connectivity index (χ0v) is 18.4. The van der Waals surface area contributed by atoms with E-state index < -0.39 is 10.0 Å². The number of methoxy groups -OCH3 is 1. The van der Waals surface area contributed by atoms with Gasteiger partial charge in [0.25, 0.3) is 5.91 Å². The summed E-state index contributed by atoms with van der Waals surface area (Å²) in [7, 11) is -1.58. The Morgan fingerprint density at radius 3 is 2.13 bits per heavy atom. The topological polar surface area (TPSA) is 91.0 Å². The molecule has 1 aliphatic rings. The van der Waals surface area contributed by atoms with Crippen LogP contribution >= 0.6 is 12.2 Å². The van der Waals surface area contributed by atoms with Crippen LogP contribution in [0.4, 0.5) is 11.4 Å². The second kappa shape index (κ2) is 9.41. The minimum atomic E-state index is -3.14. The number of thiocarbonyl (C=S) groups is 1. The number of sulfonamides is 1. The van der Waals surface area contributed by atoms with E-state index in [-0.39, 0.29) is 11.0 Å². The molecular formula is C20H24N4O4S2. The van der Waals surface area contributed by atoms with Gasteiger partial charge in [0.05, 0.1) is 13.4 Å². The fourth-order valence-electron chi connectivity index (χ4n) is 3.11. The number of amides is 1. The van der Waals surface area contributed by atoms with Crippen LogP contribution in [0.5, 0.6) is 5.75 Å². The Kier molecular flexibility index (Phi) is 6.91. The predicted molar refractivity (Wildman–Crippen MR) is 122 cm³/mol. The first-order valence-electron chi connectivity index (χ1n) is 9.33. The minimum absolute atomic E-state index is 0.199. The van der Waals surface area contributed by atoms with Gasteiger partial charge in [-0.3, -0.25) is 10.1 Å². The molecule has 0 atom stereocenters. The second-order valence-corrected chi connectivity index (χ2v) is 9.22. The third-order valence-corrected chi connectivity index (χ3v) is 6.28. The van der Waals surface area contributed by atoms with Gasteiger partial charge in [-0.2, -0.15) is 4.31 Å². The molecule has 0 spiro atoms. The molecule has 30 heavy (non-hydrogen) atoms. The first kappa shape index (κ1) is 22.0. The number of nitrogens with one attached hydrogen (secondary N) is 2. The highest BCUT2D eigenvalue weighted by molar-refractivity contribution is 7.88. The first-order chi connectivity index (χ1) is 14.3. The van der Waals surface area contributed by atoms with E-state index in [0.29, 0.717) is 37.5 Å². The van der Waals surface area contributed by atoms with Crippen LogP contribution in [0.3, 0.4) is 0 Å². The fourth-order valence-corrected chi connectivity index (χ4v) is 4.15. The molecule has 1 saturated heterocycles. The lowest BCUT2D eigenvalue weighted by Crippen LogP contribution is -2.48. The third-order valence-electron chi connectivity index (χ3n) is 4.78. The highest BCUT2D eigenvalue weighted by Gasteiger charge is 2.23. The largest absolute Gasteiger partial charge is 0.497 e. The highest BCUT2D eigenvalue weighted by atomic mass is 32.2. The minimum Gasteiger partial charge on any atom is -0.497 e. The molecule has 0 unspecified atom stereocenters. The van der Waals surface area contributed by atoms with Crippen LogP contribution in [-0.2, 0) is 10.0 Å². The average Bonchev–Trinajstić information content (AvgIpc) is 2.73. The zero-order valence-electron chi connectivity index (χ0n) is 16.8. The van der Waals surface area contributed by atoms with E-state index in [0.717, 1.165) is 11.4 Å². The number of nitrogens with zero attached hydrogens (tertiary/aromatic N) is 2. The lowest BCUT2D eigenvalue weighted by molar-refractivity contribution is 0.0977. The highest BCUT2D eigenvalue weighted by Crippen LogP contribution is 2.20. The van der Waals surface area contributed by atoms with Crippen LogP contribution in [0, 0.1) is 0 Å². The van der Waals surface area contributed by atoms with Crippen molar-refractivity contribution >= 4 is 44.6 Å². The Balaban J connectivity index is 1.52. The lowest BCUT2D eigenvalue weighted by Gasteiger charge is -2.34. The normalized spacial score (nSPS) is 14.8. The van der Waals surface area contributed by atoms with Crippen LogP contribution in [0.2, 0.25) is 0 Å². The van der Waals surface area contributed by atoms with Gasteiger partial charge in [0.15, 0.2) is 5.11 Å². The number of ether oxygens (including phenoxy) is 1. The summed E-state index contributed by atoms with van der Waals surface area (Å²) in [5, 5.41) is 5.84. The van der Waals surface area contributed by atoms with Gasteiger partial charge in [-0.05, 0) is 60.7 Å². The van der Waals surface area contributed by atoms with Crippen molar-refractivity contribution in [1.82, 2.24) is 9.62 Å². The smallest absolute Gasteiger partial charge is 0.257 e. The van der Waals surface area contributed by atoms with Gasteiger partial charge < -0.3 is 15.0 Å². The summed E-state index contributed by atoms with van der Waals surface area (Å²) in [6, 6.07) is 14.3. The van der Waals surface area contributed by atoms with Gasteiger partial charge in [0.1, 0.15) is 5.75 Å². The van der Waals surface area contributed by atoms with Crippen molar-refractivity contribution < 1.29 is 17.9 Å². The maximum absolute atomic E-state index is 12.3. The fraction of sp³-hybridized carbons (Fsp3) is 0.300. The van der Waals surface area contributed by atoms with Crippen LogP contribution in [0.15, 0.2) is 48.5 Å². The number of hydrogen-bond acceptors (Lipinski definition) is 6. The van der Waals surface area contributed by atoms with Crippen molar-refractivity contribution in [3.63, 3.8) is 0 Å². The molecule has 1 amide bonds. The Hall–Kier alpha value is -2.69. The molecule has 2 N–H and O–H groups in total. The molecule has 3 rings (SSSR count). The van der Waals surface area contributed by atoms with Gasteiger partial charge >= 0.3 is 0 Å². The number of anilines is 2. The number of carbonyl (C=O) groups excluding carboxylic acids is 1. The maximum Gasteiger partial charge on any atom is 0.257 e. The van der Waals surface area contributed by atoms with Gasteiger partial charge in [0, 0.05) is 43.1 Å². The molecule has 160 valence electrons. The molecule has 0 bridgehead atoms. The van der Waals surface area contributed by atoms with Gasteiger partial charge in [-0.15, -0.1) is 0 Å². The van der Waals surface area contributed by atoms with Crippen LogP contribution in [-0.4, -0.2) is 63.3 Å². The monoisotopic (exact) mass is 448 g/mol. The van der Waals surface area contributed by atoms with Gasteiger partial charge in [0.2, 0.25) is 10.0 Å². The molecule has 0 saturated carbocycles. The van der Waals surface area contributed by atoms with Crippen LogP contribution < -0.4 is 20.3 Å². The van der Waals surface area contributed by atoms with E-state index in [1.807, 2.05) is 24.3 Å². The van der Waals surface area contributed by atoms with Crippen molar-refractivity contribution in [2.75, 3.05) is 49.8 Å². The van der Waals surface area contributed by atoms with E-state index >= 15 is 0 Å². The number of piperazine rings is 1. The quantitative estimate of drug-likeness (QED) is 0.675. The van der Waals surface area contributed by atoms with Crippen molar-refractivity contribution in [3.8, 4) is 5.75 Å². The van der Waals surface area contributed by atoms with Crippen molar-refractivity contribution in [2.24, 2.45) is 0 Å². The van der Waals surface area contributed by atoms with E-state index in [1.54, 1.807) is 31.4 Å². The van der Waals surface area contributed by atoms with E-state index in [4.69, 9.17) is 17.0 Å². The summed E-state index contributed by atoms with van der Waals surface area (Å²) in [5.74, 6) is 0.362. The summed E-state index contributed by atoms with van der Waals surface area (Å²) < 4.78 is 29.8. The molecule has 10 heteroatoms. The van der Waals surface area contributed by atoms with Gasteiger partial charge in [-0.25, -0.2) is 8.42 Å². The van der Waals surface area contributed by atoms with E-state index in [1.165, 1.54) is 10.6 Å². The molecule has 1 aliphatic heterocycles. The van der Waals surface area contributed by atoms with E-state index in [2.05, 4.69) is 15.5 Å². The predicted octanol–water partition coefficient (Wildman–Crippen LogP) is 1.90. The van der Waals surface area contributed by atoms with Crippen molar-refractivity contribution in [1.29, 1.82) is 0 Å². The summed E-state index contributed by atoms with van der Waals surface area (Å²) in [5.41, 5.74) is 2.22. The molecule has 1 heterocycles. The third kappa shape index (κ3) is 5.68. The Morgan fingerprint density at radius 1 is 1.00 bits per heavy atom. The molecule has 2 aromatic rings. The standard InChI is InChI=1S/C20H24N4O4S2/c1-28-18-9-3-15(4-10-18)19(25)22-20(29)21-16-5-7-17(8-6-16)23-11-13-24(14-12-23)30(2,26)27/h3-10H,11-14H2,1-2H3,(H2,21,22,25,29). The van der Waals surface area contributed by atoms with E-state index in [9.17, 15) is 13.2 Å². The van der Waals surface area contributed by atoms with Gasteiger partial charge in [-0.1, -0.05) is 0 Å². The maximum atomic E-state index is 12.3. The molecule has 0 aliphatic carbocycles. The second-order valence-electron chi connectivity index (χ2n) is 6.83. The van der Waals surface area contributed by atoms with Crippen molar-refractivity contribution in [2.45, 2.75) is 0 Å². The molecule has 2 aromatic carbocycles. The van der Waals surface area contributed by atoms with Crippen molar-refractivity contribution in [3.05, 3.63) is 54.1 Å². The number of carbonyl (C=O) groups is 1. The Morgan fingerprint density at radius 2 is 1.60 bits per heavy atom. The first-order valence-corrected chi connectivity index (χ1v) is 11.6. The summed E-state index contributed by atoms with van der Waals surface area (Å²) in [4.78, 5) is 14.4. The van der Waals surface area contributed by atoms with Crippen LogP contribution in [0.25, 0.3) is 0 Å². The lowest BCUT2D eigenvalue weighted by atomic mass is 10.2. The summed E-state index contributed by atoms with van der Waals surface area (Å²) in [6.07, 6.45) is 1.24. The number of benzene rings is 2. The Labute approximate surface area is 181 Å². The average molecular weight is 449 g/mol. The number of hydrogen-bond donors (Lipinski definition) is 2. The summed E-state index contributed by atoms with van der Waals surface area (Å²) >= 11 is 5.23. The van der Waals surface area contributed by atoms with Crippen LogP contribution in [0.1, 0.15) is 10.4 Å².